The number of aliphatic hydroxyl groups excluding tert-OH is 1. The average Bonchev–Trinajstić information content (AvgIpc) is 2.83. The van der Waals surface area contributed by atoms with Gasteiger partial charge in [-0.25, -0.2) is 4.39 Å². The molecular formula is C26H32Cl2FN3O3. The van der Waals surface area contributed by atoms with Crippen molar-refractivity contribution in [2.24, 2.45) is 0 Å². The minimum atomic E-state index is -0.962. The number of nitrogens with one attached hydrogen (secondary N) is 2. The molecule has 0 aromatic heterocycles. The molecule has 2 aromatic carbocycles. The molecule has 2 amide bonds. The summed E-state index contributed by atoms with van der Waals surface area (Å²) >= 11 is 12.4. The summed E-state index contributed by atoms with van der Waals surface area (Å²) in [6, 6.07) is 10.4. The van der Waals surface area contributed by atoms with E-state index in [0.29, 0.717) is 34.1 Å². The third-order valence-electron chi connectivity index (χ3n) is 6.74. The van der Waals surface area contributed by atoms with Crippen LogP contribution in [0.15, 0.2) is 42.5 Å². The van der Waals surface area contributed by atoms with Crippen LogP contribution in [-0.2, 0) is 15.0 Å². The highest BCUT2D eigenvalue weighted by molar-refractivity contribution is 6.42. The van der Waals surface area contributed by atoms with Crippen LogP contribution in [0.4, 0.5) is 4.39 Å². The number of hydrogen-bond acceptors (Lipinski definition) is 4. The summed E-state index contributed by atoms with van der Waals surface area (Å²) in [5.74, 6) is -0.681. The predicted molar refractivity (Wildman–Crippen MR) is 136 cm³/mol. The molecular weight excluding hydrogens is 492 g/mol. The van der Waals surface area contributed by atoms with E-state index in [0.717, 1.165) is 25.9 Å². The molecule has 1 aliphatic rings. The van der Waals surface area contributed by atoms with Crippen LogP contribution in [0.3, 0.4) is 0 Å². The number of hydrogen-bond donors (Lipinski definition) is 3. The third kappa shape index (κ3) is 7.17. The van der Waals surface area contributed by atoms with E-state index in [-0.39, 0.29) is 30.3 Å². The summed E-state index contributed by atoms with van der Waals surface area (Å²) < 4.78 is 13.4. The number of carbonyl (C=O) groups excluding carboxylic acids is 2. The molecule has 1 heterocycles. The lowest BCUT2D eigenvalue weighted by atomic mass is 9.78. The van der Waals surface area contributed by atoms with Gasteiger partial charge < -0.3 is 20.6 Å². The van der Waals surface area contributed by atoms with Gasteiger partial charge in [-0.1, -0.05) is 41.4 Å². The number of aliphatic hydroxyl groups is 1. The maximum Gasteiger partial charge on any atom is 0.230 e. The summed E-state index contributed by atoms with van der Waals surface area (Å²) in [5, 5.41) is 16.6. The first kappa shape index (κ1) is 27.4. The Bertz CT molecular complexity index is 1030. The Kier molecular flexibility index (Phi) is 9.53. The Morgan fingerprint density at radius 2 is 1.80 bits per heavy atom. The fourth-order valence-electron chi connectivity index (χ4n) is 4.45. The summed E-state index contributed by atoms with van der Waals surface area (Å²) in [4.78, 5) is 27.3. The predicted octanol–water partition coefficient (Wildman–Crippen LogP) is 4.23. The number of likely N-dealkylation sites (tertiary alicyclic amines) is 1. The van der Waals surface area contributed by atoms with E-state index in [9.17, 15) is 19.1 Å². The monoisotopic (exact) mass is 523 g/mol. The van der Waals surface area contributed by atoms with Crippen LogP contribution in [0.2, 0.25) is 10.0 Å². The maximum absolute atomic E-state index is 13.7. The molecule has 0 saturated carbocycles. The molecule has 3 N–H and O–H groups in total. The van der Waals surface area contributed by atoms with Gasteiger partial charge in [-0.2, -0.15) is 0 Å². The second-order valence-corrected chi connectivity index (χ2v) is 10.1. The van der Waals surface area contributed by atoms with Crippen molar-refractivity contribution in [3.63, 3.8) is 0 Å². The zero-order chi connectivity index (χ0) is 25.6. The maximum atomic E-state index is 13.7. The van der Waals surface area contributed by atoms with Gasteiger partial charge >= 0.3 is 0 Å². The summed E-state index contributed by atoms with van der Waals surface area (Å²) in [7, 11) is 0. The SMILES string of the molecule is CC(=O)NC1CCN(CCC(C)(C(=O)N[C@@H](CO)c2ccc(F)cc2)c2ccc(Cl)c(Cl)c2)CC1. The van der Waals surface area contributed by atoms with Crippen molar-refractivity contribution in [3.8, 4) is 0 Å². The average molecular weight is 524 g/mol. The standard InChI is InChI=1S/C26H32Cl2FN3O3/c1-17(34)30-21-9-12-32(13-10-21)14-11-26(2,19-5-8-22(27)23(28)15-19)25(35)31-24(16-33)18-3-6-20(29)7-4-18/h3-8,15,21,24,33H,9-14,16H2,1-2H3,(H,30,34)(H,31,35)/t24-,26?/m0/s1. The molecule has 1 unspecified atom stereocenters. The van der Waals surface area contributed by atoms with Gasteiger partial charge in [-0.3, -0.25) is 9.59 Å². The fourth-order valence-corrected chi connectivity index (χ4v) is 4.74. The van der Waals surface area contributed by atoms with E-state index in [1.165, 1.54) is 19.1 Å². The smallest absolute Gasteiger partial charge is 0.230 e. The Labute approximate surface area is 215 Å². The molecule has 1 saturated heterocycles. The van der Waals surface area contributed by atoms with Crippen LogP contribution in [0.25, 0.3) is 0 Å². The first-order valence-corrected chi connectivity index (χ1v) is 12.5. The van der Waals surface area contributed by atoms with Crippen LogP contribution in [0, 0.1) is 5.82 Å². The van der Waals surface area contributed by atoms with Gasteiger partial charge in [0.05, 0.1) is 28.1 Å². The van der Waals surface area contributed by atoms with Gasteiger partial charge in [-0.05, 0) is 68.1 Å². The topological polar surface area (TPSA) is 81.7 Å². The van der Waals surface area contributed by atoms with Gasteiger partial charge in [0.2, 0.25) is 11.8 Å². The highest BCUT2D eigenvalue weighted by Gasteiger charge is 2.37. The quantitative estimate of drug-likeness (QED) is 0.459. The second-order valence-electron chi connectivity index (χ2n) is 9.29. The minimum Gasteiger partial charge on any atom is -0.394 e. The second kappa shape index (κ2) is 12.2. The summed E-state index contributed by atoms with van der Waals surface area (Å²) in [5.41, 5.74) is 0.364. The molecule has 1 fully saturated rings. The summed E-state index contributed by atoms with van der Waals surface area (Å²) in [6.07, 6.45) is 2.21. The van der Waals surface area contributed by atoms with Crippen molar-refractivity contribution in [2.75, 3.05) is 26.2 Å². The molecule has 9 heteroatoms. The fraction of sp³-hybridized carbons (Fsp3) is 0.462. The van der Waals surface area contributed by atoms with Gasteiger partial charge in [-0.15, -0.1) is 0 Å². The molecule has 35 heavy (non-hydrogen) atoms. The lowest BCUT2D eigenvalue weighted by Gasteiger charge is -2.36. The Morgan fingerprint density at radius 3 is 2.37 bits per heavy atom. The van der Waals surface area contributed by atoms with Crippen molar-refractivity contribution >= 4 is 35.0 Å². The van der Waals surface area contributed by atoms with E-state index in [4.69, 9.17) is 23.2 Å². The molecule has 2 aromatic rings. The largest absolute Gasteiger partial charge is 0.394 e. The molecule has 0 radical (unpaired) electrons. The molecule has 6 nitrogen and oxygen atoms in total. The number of halogens is 3. The summed E-state index contributed by atoms with van der Waals surface area (Å²) in [6.45, 7) is 5.35. The molecule has 3 rings (SSSR count). The number of nitrogens with zero attached hydrogens (tertiary/aromatic N) is 1. The van der Waals surface area contributed by atoms with Crippen molar-refractivity contribution in [1.29, 1.82) is 0 Å². The molecule has 0 aliphatic carbocycles. The lowest BCUT2D eigenvalue weighted by Crippen LogP contribution is -2.48. The van der Waals surface area contributed by atoms with Crippen LogP contribution >= 0.6 is 23.2 Å². The molecule has 0 bridgehead atoms. The van der Waals surface area contributed by atoms with Crippen LogP contribution < -0.4 is 10.6 Å². The van der Waals surface area contributed by atoms with E-state index < -0.39 is 11.5 Å². The molecule has 190 valence electrons. The van der Waals surface area contributed by atoms with Gasteiger partial charge in [0, 0.05) is 26.1 Å². The minimum absolute atomic E-state index is 0.0214. The van der Waals surface area contributed by atoms with Gasteiger partial charge in [0.25, 0.3) is 0 Å². The van der Waals surface area contributed by atoms with Crippen LogP contribution in [-0.4, -0.2) is 54.1 Å². The van der Waals surface area contributed by atoms with E-state index >= 15 is 0 Å². The lowest BCUT2D eigenvalue weighted by molar-refractivity contribution is -0.128. The molecule has 2 atom stereocenters. The van der Waals surface area contributed by atoms with Crippen LogP contribution in [0.5, 0.6) is 0 Å². The van der Waals surface area contributed by atoms with E-state index in [1.54, 1.807) is 30.3 Å². The Morgan fingerprint density at radius 1 is 1.14 bits per heavy atom. The highest BCUT2D eigenvalue weighted by atomic mass is 35.5. The Hall–Kier alpha value is -2.19. The van der Waals surface area contributed by atoms with Crippen molar-refractivity contribution in [3.05, 3.63) is 69.5 Å². The Balaban J connectivity index is 1.77. The van der Waals surface area contributed by atoms with Crippen molar-refractivity contribution in [1.82, 2.24) is 15.5 Å². The third-order valence-corrected chi connectivity index (χ3v) is 7.48. The zero-order valence-corrected chi connectivity index (χ0v) is 21.5. The number of carbonyl (C=O) groups is 2. The number of piperidine rings is 1. The zero-order valence-electron chi connectivity index (χ0n) is 20.0. The van der Waals surface area contributed by atoms with Gasteiger partial charge in [0.15, 0.2) is 0 Å². The first-order chi connectivity index (χ1) is 16.6. The van der Waals surface area contributed by atoms with Crippen molar-refractivity contribution in [2.45, 2.75) is 50.6 Å². The number of benzene rings is 2. The molecule has 0 spiro atoms. The van der Waals surface area contributed by atoms with Gasteiger partial charge in [0.1, 0.15) is 5.82 Å². The normalized spacial score (nSPS) is 17.4. The number of rotatable bonds is 9. The van der Waals surface area contributed by atoms with E-state index in [1.807, 2.05) is 6.92 Å². The highest BCUT2D eigenvalue weighted by Crippen LogP contribution is 2.34. The van der Waals surface area contributed by atoms with Crippen LogP contribution in [0.1, 0.15) is 50.3 Å². The van der Waals surface area contributed by atoms with E-state index in [2.05, 4.69) is 15.5 Å². The first-order valence-electron chi connectivity index (χ1n) is 11.7. The molecule has 1 aliphatic heterocycles. The number of amides is 2. The van der Waals surface area contributed by atoms with Crippen molar-refractivity contribution < 1.29 is 19.1 Å².